The number of hydrogen-bond acceptors (Lipinski definition) is 6. The van der Waals surface area contributed by atoms with E-state index >= 15 is 0 Å². The number of aromatic nitrogens is 2. The first kappa shape index (κ1) is 19.8. The van der Waals surface area contributed by atoms with Crippen LogP contribution in [0.1, 0.15) is 13.3 Å². The number of nitrogens with one attached hydrogen (secondary N) is 1. The Hall–Kier alpha value is -2.45. The van der Waals surface area contributed by atoms with E-state index in [0.717, 1.165) is 22.0 Å². The molecule has 4 rings (SSSR count). The largest absolute Gasteiger partial charge is 0.349 e. The Balaban J connectivity index is 1.53. The summed E-state index contributed by atoms with van der Waals surface area (Å²) in [5.41, 5.74) is 1.10. The average molecular weight is 428 g/mol. The van der Waals surface area contributed by atoms with Crippen molar-refractivity contribution in [3.63, 3.8) is 0 Å². The Labute approximate surface area is 174 Å². The van der Waals surface area contributed by atoms with Crippen molar-refractivity contribution in [3.8, 4) is 11.3 Å². The minimum Gasteiger partial charge on any atom is -0.349 e. The molecule has 0 bridgehead atoms. The first-order chi connectivity index (χ1) is 13.9. The summed E-state index contributed by atoms with van der Waals surface area (Å²) in [6.45, 7) is 1.78. The smallest absolute Gasteiger partial charge is 0.230 e. The number of fused-ring (bicyclic) bond motifs is 1. The maximum Gasteiger partial charge on any atom is 0.230 e. The molecule has 6 nitrogen and oxygen atoms in total. The van der Waals surface area contributed by atoms with Crippen LogP contribution in [0, 0.1) is 0 Å². The van der Waals surface area contributed by atoms with Crippen molar-refractivity contribution < 1.29 is 13.2 Å². The SMILES string of the molecule is CC1(NC(=O)CSc2nnc(-c3ccccc3)c3ccccc23)CCS(=O)(=O)C1. The van der Waals surface area contributed by atoms with Crippen LogP contribution in [0.4, 0.5) is 0 Å². The zero-order valence-electron chi connectivity index (χ0n) is 16.0. The Morgan fingerprint density at radius 1 is 1.07 bits per heavy atom. The lowest BCUT2D eigenvalue weighted by Crippen LogP contribution is -2.47. The molecule has 0 saturated carbocycles. The molecule has 1 fully saturated rings. The second-order valence-electron chi connectivity index (χ2n) is 7.50. The monoisotopic (exact) mass is 427 g/mol. The highest BCUT2D eigenvalue weighted by atomic mass is 32.2. The van der Waals surface area contributed by atoms with Crippen LogP contribution in [0.5, 0.6) is 0 Å². The van der Waals surface area contributed by atoms with Gasteiger partial charge in [-0.25, -0.2) is 8.42 Å². The predicted octanol–water partition coefficient (Wildman–Crippen LogP) is 3.08. The molecule has 150 valence electrons. The van der Waals surface area contributed by atoms with E-state index in [1.165, 1.54) is 11.8 Å². The number of sulfone groups is 1. The molecular weight excluding hydrogens is 406 g/mol. The molecule has 1 aliphatic heterocycles. The third kappa shape index (κ3) is 4.43. The van der Waals surface area contributed by atoms with Crippen LogP contribution in [0.3, 0.4) is 0 Å². The van der Waals surface area contributed by atoms with Gasteiger partial charge in [0.1, 0.15) is 10.7 Å². The number of nitrogens with zero attached hydrogens (tertiary/aromatic N) is 2. The molecule has 1 atom stereocenters. The second-order valence-corrected chi connectivity index (χ2v) is 10.7. The molecular formula is C21H21N3O3S2. The lowest BCUT2D eigenvalue weighted by molar-refractivity contribution is -0.120. The topological polar surface area (TPSA) is 89.0 Å². The fourth-order valence-electron chi connectivity index (χ4n) is 3.61. The van der Waals surface area contributed by atoms with Gasteiger partial charge in [0, 0.05) is 16.3 Å². The Bertz CT molecular complexity index is 1170. The van der Waals surface area contributed by atoms with Crippen molar-refractivity contribution in [3.05, 3.63) is 54.6 Å². The van der Waals surface area contributed by atoms with Crippen LogP contribution in [0.25, 0.3) is 22.0 Å². The van der Waals surface area contributed by atoms with Gasteiger partial charge < -0.3 is 5.32 Å². The Kier molecular flexibility index (Phi) is 5.31. The summed E-state index contributed by atoms with van der Waals surface area (Å²) in [4.78, 5) is 12.4. The summed E-state index contributed by atoms with van der Waals surface area (Å²) in [5, 5.41) is 14.2. The molecule has 1 N–H and O–H groups in total. The molecule has 3 aromatic rings. The molecule has 1 aromatic heterocycles. The number of carbonyl (C=O) groups is 1. The standard InChI is InChI=1S/C21H21N3O3S2/c1-21(11-12-29(26,27)14-21)22-18(25)13-28-20-17-10-6-5-9-16(17)19(23-24-20)15-7-3-2-4-8-15/h2-10H,11-14H2,1H3,(H,22,25). The van der Waals surface area contributed by atoms with Crippen molar-refractivity contribution in [1.82, 2.24) is 15.5 Å². The Morgan fingerprint density at radius 2 is 1.76 bits per heavy atom. The highest BCUT2D eigenvalue weighted by molar-refractivity contribution is 8.00. The third-order valence-electron chi connectivity index (χ3n) is 4.99. The fourth-order valence-corrected chi connectivity index (χ4v) is 6.48. The molecule has 2 aromatic carbocycles. The fraction of sp³-hybridized carbons (Fsp3) is 0.286. The molecule has 0 spiro atoms. The highest BCUT2D eigenvalue weighted by Gasteiger charge is 2.39. The third-order valence-corrected chi connectivity index (χ3v) is 7.87. The molecule has 29 heavy (non-hydrogen) atoms. The summed E-state index contributed by atoms with van der Waals surface area (Å²) in [7, 11) is -3.07. The van der Waals surface area contributed by atoms with E-state index in [4.69, 9.17) is 0 Å². The van der Waals surface area contributed by atoms with Crippen LogP contribution in [-0.4, -0.2) is 47.3 Å². The molecule has 8 heteroatoms. The van der Waals surface area contributed by atoms with Crippen molar-refractivity contribution in [2.75, 3.05) is 17.3 Å². The van der Waals surface area contributed by atoms with Gasteiger partial charge in [-0.15, -0.1) is 10.2 Å². The number of carbonyl (C=O) groups excluding carboxylic acids is 1. The van der Waals surface area contributed by atoms with E-state index in [9.17, 15) is 13.2 Å². The van der Waals surface area contributed by atoms with Gasteiger partial charge in [-0.1, -0.05) is 66.4 Å². The minimum atomic E-state index is -3.07. The molecule has 1 aliphatic rings. The summed E-state index contributed by atoms with van der Waals surface area (Å²) >= 11 is 1.31. The lowest BCUT2D eigenvalue weighted by Gasteiger charge is -2.23. The number of hydrogen-bond donors (Lipinski definition) is 1. The lowest BCUT2D eigenvalue weighted by atomic mass is 10.0. The summed E-state index contributed by atoms with van der Waals surface area (Å²) < 4.78 is 23.5. The summed E-state index contributed by atoms with van der Waals surface area (Å²) in [6.07, 6.45) is 0.445. The quantitative estimate of drug-likeness (QED) is 0.630. The van der Waals surface area contributed by atoms with E-state index in [1.54, 1.807) is 6.92 Å². The maximum absolute atomic E-state index is 12.4. The summed E-state index contributed by atoms with van der Waals surface area (Å²) in [6, 6.07) is 17.7. The van der Waals surface area contributed by atoms with Crippen LogP contribution in [-0.2, 0) is 14.6 Å². The maximum atomic E-state index is 12.4. The molecule has 1 unspecified atom stereocenters. The van der Waals surface area contributed by atoms with Gasteiger partial charge in [0.2, 0.25) is 5.91 Å². The number of rotatable bonds is 5. The first-order valence-corrected chi connectivity index (χ1v) is 12.1. The summed E-state index contributed by atoms with van der Waals surface area (Å²) in [5.74, 6) is 0.0605. The van der Waals surface area contributed by atoms with Crippen molar-refractivity contribution >= 4 is 38.3 Å². The van der Waals surface area contributed by atoms with Crippen molar-refractivity contribution in [2.45, 2.75) is 23.9 Å². The van der Waals surface area contributed by atoms with Gasteiger partial charge in [0.25, 0.3) is 0 Å². The Morgan fingerprint density at radius 3 is 2.45 bits per heavy atom. The molecule has 0 radical (unpaired) electrons. The number of thioether (sulfide) groups is 1. The normalized spacial score (nSPS) is 20.6. The van der Waals surface area contributed by atoms with Gasteiger partial charge in [0.05, 0.1) is 22.8 Å². The zero-order valence-corrected chi connectivity index (χ0v) is 17.6. The van der Waals surface area contributed by atoms with Gasteiger partial charge in [-0.3, -0.25) is 4.79 Å². The van der Waals surface area contributed by atoms with E-state index < -0.39 is 15.4 Å². The predicted molar refractivity (Wildman–Crippen MR) is 116 cm³/mol. The molecule has 0 aliphatic carbocycles. The van der Waals surface area contributed by atoms with Crippen LogP contribution in [0.2, 0.25) is 0 Å². The molecule has 1 saturated heterocycles. The van der Waals surface area contributed by atoms with E-state index in [0.29, 0.717) is 11.4 Å². The van der Waals surface area contributed by atoms with Crippen LogP contribution < -0.4 is 5.32 Å². The minimum absolute atomic E-state index is 0.00901. The van der Waals surface area contributed by atoms with E-state index in [1.807, 2.05) is 54.6 Å². The molecule has 2 heterocycles. The van der Waals surface area contributed by atoms with Crippen molar-refractivity contribution in [1.29, 1.82) is 0 Å². The highest BCUT2D eigenvalue weighted by Crippen LogP contribution is 2.31. The van der Waals surface area contributed by atoms with Gasteiger partial charge >= 0.3 is 0 Å². The average Bonchev–Trinajstić information content (AvgIpc) is 2.99. The number of benzene rings is 2. The van der Waals surface area contributed by atoms with Crippen LogP contribution >= 0.6 is 11.8 Å². The molecule has 1 amide bonds. The van der Waals surface area contributed by atoms with E-state index in [-0.39, 0.29) is 23.2 Å². The zero-order chi connectivity index (χ0) is 20.5. The van der Waals surface area contributed by atoms with Gasteiger partial charge in [-0.05, 0) is 13.3 Å². The van der Waals surface area contributed by atoms with Gasteiger partial charge in [0.15, 0.2) is 9.84 Å². The first-order valence-electron chi connectivity index (χ1n) is 9.30. The van der Waals surface area contributed by atoms with Gasteiger partial charge in [-0.2, -0.15) is 0 Å². The van der Waals surface area contributed by atoms with E-state index in [2.05, 4.69) is 15.5 Å². The number of amides is 1. The van der Waals surface area contributed by atoms with Crippen LogP contribution in [0.15, 0.2) is 59.6 Å². The second kappa shape index (κ2) is 7.76. The van der Waals surface area contributed by atoms with Crippen molar-refractivity contribution in [2.24, 2.45) is 0 Å².